The fourth-order valence-electron chi connectivity index (χ4n) is 1.67. The van der Waals surface area contributed by atoms with Crippen molar-refractivity contribution in [2.75, 3.05) is 25.1 Å². The molecule has 0 saturated heterocycles. The number of ketones is 1. The quantitative estimate of drug-likeness (QED) is 0.593. The number of nitrogens with zero attached hydrogens (tertiary/aromatic N) is 2. The van der Waals surface area contributed by atoms with E-state index in [4.69, 9.17) is 4.74 Å². The first-order chi connectivity index (χ1) is 8.86. The molecule has 0 spiro atoms. The first-order valence-electron chi connectivity index (χ1n) is 6.26. The smallest absolute Gasteiger partial charge is 0.358 e. The Balaban J connectivity index is 3.07. The second-order valence-corrected chi connectivity index (χ2v) is 5.70. The van der Waals surface area contributed by atoms with Crippen molar-refractivity contribution in [1.29, 1.82) is 0 Å². The molecule has 0 unspecified atom stereocenters. The maximum atomic E-state index is 11.8. The van der Waals surface area contributed by atoms with Gasteiger partial charge in [-0.2, -0.15) is 0 Å². The van der Waals surface area contributed by atoms with Gasteiger partial charge in [-0.1, -0.05) is 25.2 Å². The van der Waals surface area contributed by atoms with Crippen molar-refractivity contribution < 1.29 is 14.3 Å². The van der Waals surface area contributed by atoms with Crippen LogP contribution in [-0.2, 0) is 4.74 Å². The Bertz CT molecular complexity index is 468. The SMILES string of the molecule is CCOC(=O)c1nc(N(C)CC(C)C)sc1C(C)=O. The molecule has 0 amide bonds. The lowest BCUT2D eigenvalue weighted by atomic mass is 10.2. The number of rotatable bonds is 6. The summed E-state index contributed by atoms with van der Waals surface area (Å²) in [7, 11) is 1.90. The van der Waals surface area contributed by atoms with Crippen LogP contribution in [0.5, 0.6) is 0 Å². The molecule has 0 radical (unpaired) electrons. The highest BCUT2D eigenvalue weighted by molar-refractivity contribution is 7.17. The predicted molar refractivity (Wildman–Crippen MR) is 76.2 cm³/mol. The highest BCUT2D eigenvalue weighted by Gasteiger charge is 2.23. The largest absolute Gasteiger partial charge is 0.461 e. The van der Waals surface area contributed by atoms with Crippen LogP contribution in [0.4, 0.5) is 5.13 Å². The van der Waals surface area contributed by atoms with Crippen LogP contribution in [0.15, 0.2) is 0 Å². The van der Waals surface area contributed by atoms with E-state index in [2.05, 4.69) is 18.8 Å². The summed E-state index contributed by atoms with van der Waals surface area (Å²) in [5, 5.41) is 0.668. The average Bonchev–Trinajstić information content (AvgIpc) is 2.73. The van der Waals surface area contributed by atoms with Gasteiger partial charge in [-0.05, 0) is 12.8 Å². The zero-order valence-electron chi connectivity index (χ0n) is 12.0. The molecule has 0 atom stereocenters. The van der Waals surface area contributed by atoms with Crippen LogP contribution in [0.3, 0.4) is 0 Å². The molecule has 0 saturated carbocycles. The van der Waals surface area contributed by atoms with Crippen LogP contribution >= 0.6 is 11.3 Å². The molecule has 19 heavy (non-hydrogen) atoms. The first-order valence-corrected chi connectivity index (χ1v) is 7.08. The molecule has 1 rings (SSSR count). The van der Waals surface area contributed by atoms with Crippen LogP contribution in [0.1, 0.15) is 47.9 Å². The molecule has 0 aliphatic carbocycles. The van der Waals surface area contributed by atoms with E-state index in [1.54, 1.807) is 6.92 Å². The molecular weight excluding hydrogens is 264 g/mol. The number of aromatic nitrogens is 1. The molecule has 0 aromatic carbocycles. The highest BCUT2D eigenvalue weighted by Crippen LogP contribution is 2.27. The average molecular weight is 284 g/mol. The Hall–Kier alpha value is -1.43. The fourth-order valence-corrected chi connectivity index (χ4v) is 2.59. The molecule has 6 heteroatoms. The van der Waals surface area contributed by atoms with Gasteiger partial charge in [-0.25, -0.2) is 9.78 Å². The molecule has 1 heterocycles. The predicted octanol–water partition coefficient (Wildman–Crippen LogP) is 2.61. The van der Waals surface area contributed by atoms with Gasteiger partial charge >= 0.3 is 5.97 Å². The van der Waals surface area contributed by atoms with Gasteiger partial charge < -0.3 is 9.64 Å². The van der Waals surface area contributed by atoms with Gasteiger partial charge in [0.2, 0.25) is 0 Å². The Morgan fingerprint density at radius 1 is 1.42 bits per heavy atom. The van der Waals surface area contributed by atoms with E-state index < -0.39 is 5.97 Å². The first kappa shape index (κ1) is 15.6. The number of carbonyl (C=O) groups is 2. The number of thiazole rings is 1. The van der Waals surface area contributed by atoms with Crippen molar-refractivity contribution in [2.24, 2.45) is 5.92 Å². The third-order valence-electron chi connectivity index (χ3n) is 2.37. The molecule has 5 nitrogen and oxygen atoms in total. The summed E-state index contributed by atoms with van der Waals surface area (Å²) in [5.74, 6) is -0.224. The summed E-state index contributed by atoms with van der Waals surface area (Å²) in [5.41, 5.74) is 0.130. The summed E-state index contributed by atoms with van der Waals surface area (Å²) >= 11 is 1.24. The van der Waals surface area contributed by atoms with E-state index in [0.717, 1.165) is 6.54 Å². The van der Waals surface area contributed by atoms with Crippen LogP contribution in [0.25, 0.3) is 0 Å². The van der Waals surface area contributed by atoms with Gasteiger partial charge in [-0.15, -0.1) is 0 Å². The molecule has 1 aromatic heterocycles. The second-order valence-electron chi connectivity index (χ2n) is 4.73. The number of carbonyl (C=O) groups excluding carboxylic acids is 2. The molecular formula is C13H20N2O3S. The number of esters is 1. The van der Waals surface area contributed by atoms with E-state index in [9.17, 15) is 9.59 Å². The summed E-state index contributed by atoms with van der Waals surface area (Å²) in [6, 6.07) is 0. The minimum atomic E-state index is -0.534. The summed E-state index contributed by atoms with van der Waals surface area (Å²) < 4.78 is 4.93. The van der Waals surface area contributed by atoms with Crippen LogP contribution in [0, 0.1) is 5.92 Å². The lowest BCUT2D eigenvalue weighted by Crippen LogP contribution is -2.22. The molecule has 106 valence electrons. The third-order valence-corrected chi connectivity index (χ3v) is 3.64. The molecule has 1 aromatic rings. The zero-order chi connectivity index (χ0) is 14.6. The minimum absolute atomic E-state index is 0.130. The maximum absolute atomic E-state index is 11.8. The molecule has 0 bridgehead atoms. The van der Waals surface area contributed by atoms with Crippen molar-refractivity contribution in [3.05, 3.63) is 10.6 Å². The van der Waals surface area contributed by atoms with Crippen molar-refractivity contribution in [1.82, 2.24) is 4.98 Å². The van der Waals surface area contributed by atoms with Crippen molar-refractivity contribution in [3.8, 4) is 0 Å². The molecule has 0 N–H and O–H groups in total. The topological polar surface area (TPSA) is 59.5 Å². The number of ether oxygens (including phenoxy) is 1. The zero-order valence-corrected chi connectivity index (χ0v) is 12.8. The van der Waals surface area contributed by atoms with E-state index in [1.807, 2.05) is 11.9 Å². The number of hydrogen-bond donors (Lipinski definition) is 0. The van der Waals surface area contributed by atoms with Crippen molar-refractivity contribution >= 4 is 28.2 Å². The summed E-state index contributed by atoms with van der Waals surface area (Å²) in [6.45, 7) is 8.44. The van der Waals surface area contributed by atoms with E-state index in [1.165, 1.54) is 18.3 Å². The lowest BCUT2D eigenvalue weighted by molar-refractivity contribution is 0.0517. The maximum Gasteiger partial charge on any atom is 0.358 e. The van der Waals surface area contributed by atoms with Gasteiger partial charge in [0, 0.05) is 20.5 Å². The van der Waals surface area contributed by atoms with Crippen LogP contribution in [-0.4, -0.2) is 36.9 Å². The van der Waals surface area contributed by atoms with Crippen LogP contribution < -0.4 is 4.90 Å². The lowest BCUT2D eigenvalue weighted by Gasteiger charge is -2.17. The minimum Gasteiger partial charge on any atom is -0.461 e. The fraction of sp³-hybridized carbons (Fsp3) is 0.615. The summed E-state index contributed by atoms with van der Waals surface area (Å²) in [6.07, 6.45) is 0. The Labute approximate surface area is 117 Å². The van der Waals surface area contributed by atoms with Gasteiger partial charge in [0.1, 0.15) is 4.88 Å². The number of hydrogen-bond acceptors (Lipinski definition) is 6. The van der Waals surface area contributed by atoms with E-state index >= 15 is 0 Å². The van der Waals surface area contributed by atoms with Crippen molar-refractivity contribution in [3.63, 3.8) is 0 Å². The van der Waals surface area contributed by atoms with Crippen LogP contribution in [0.2, 0.25) is 0 Å². The number of Topliss-reactive ketones (excluding diaryl/α,β-unsaturated/α-hetero) is 1. The Kier molecular flexibility index (Phi) is 5.47. The van der Waals surface area contributed by atoms with Gasteiger partial charge in [-0.3, -0.25) is 4.79 Å². The normalized spacial score (nSPS) is 10.6. The second kappa shape index (κ2) is 6.65. The Morgan fingerprint density at radius 3 is 2.53 bits per heavy atom. The van der Waals surface area contributed by atoms with E-state index in [-0.39, 0.29) is 18.1 Å². The van der Waals surface area contributed by atoms with Gasteiger partial charge in [0.05, 0.1) is 6.61 Å². The summed E-state index contributed by atoms with van der Waals surface area (Å²) in [4.78, 5) is 29.9. The standard InChI is InChI=1S/C13H20N2O3S/c1-6-18-12(17)10-11(9(4)16)19-13(14-10)15(5)7-8(2)3/h8H,6-7H2,1-5H3. The van der Waals surface area contributed by atoms with Crippen molar-refractivity contribution in [2.45, 2.75) is 27.7 Å². The highest BCUT2D eigenvalue weighted by atomic mass is 32.1. The van der Waals surface area contributed by atoms with Gasteiger partial charge in [0.15, 0.2) is 16.6 Å². The number of anilines is 1. The molecule has 0 aliphatic rings. The monoisotopic (exact) mass is 284 g/mol. The molecule has 0 aliphatic heterocycles. The molecule has 0 fully saturated rings. The third kappa shape index (κ3) is 4.02. The van der Waals surface area contributed by atoms with E-state index in [0.29, 0.717) is 15.9 Å². The van der Waals surface area contributed by atoms with Gasteiger partial charge in [0.25, 0.3) is 0 Å². The Morgan fingerprint density at radius 2 is 2.05 bits per heavy atom.